The zero-order valence-corrected chi connectivity index (χ0v) is 24.1. The summed E-state index contributed by atoms with van der Waals surface area (Å²) in [5.41, 5.74) is 11.7. The number of rotatable bonds is 9. The monoisotopic (exact) mass is 526 g/mol. The summed E-state index contributed by atoms with van der Waals surface area (Å²) in [6, 6.07) is 26.2. The van der Waals surface area contributed by atoms with Crippen molar-refractivity contribution >= 4 is 55.0 Å². The molecule has 0 spiro atoms. The minimum Gasteiger partial charge on any atom is -0.384 e. The molecule has 0 atom stereocenters. The van der Waals surface area contributed by atoms with Crippen molar-refractivity contribution in [3.8, 4) is 0 Å². The van der Waals surface area contributed by atoms with Gasteiger partial charge in [-0.2, -0.15) is 0 Å². The zero-order valence-electron chi connectivity index (χ0n) is 24.1. The van der Waals surface area contributed by atoms with Crippen molar-refractivity contribution < 1.29 is 0 Å². The van der Waals surface area contributed by atoms with E-state index in [0.29, 0.717) is 0 Å². The third kappa shape index (κ3) is 5.31. The molecule has 2 N–H and O–H groups in total. The molecule has 0 saturated heterocycles. The number of pyridine rings is 2. The van der Waals surface area contributed by atoms with E-state index in [1.807, 2.05) is 0 Å². The second-order valence-electron chi connectivity index (χ2n) is 11.3. The number of unbranched alkanes of at least 4 members (excludes halogenated alkanes) is 3. The van der Waals surface area contributed by atoms with E-state index < -0.39 is 0 Å². The van der Waals surface area contributed by atoms with Crippen molar-refractivity contribution in [1.29, 1.82) is 0 Å². The molecule has 4 aromatic carbocycles. The Morgan fingerprint density at radius 2 is 0.725 bits per heavy atom. The largest absolute Gasteiger partial charge is 0.384 e. The van der Waals surface area contributed by atoms with Crippen LogP contribution in [0.25, 0.3) is 43.6 Å². The summed E-state index contributed by atoms with van der Waals surface area (Å²) >= 11 is 0. The standard InChI is InChI=1S/C36H38N4/c1-23-9-13-31-27(19-23)35(28-20-24(2)10-14-32(28)39-31)37-17-7-5-6-8-18-38-36-29-21-25(3)11-15-33(29)40-34-16-12-26(4)22-30(34)36/h9-16,19-22H,5-8,17-18H2,1-4H3,(H,37,39)(H,38,40). The first-order chi connectivity index (χ1) is 19.5. The summed E-state index contributed by atoms with van der Waals surface area (Å²) in [7, 11) is 0. The lowest BCUT2D eigenvalue weighted by atomic mass is 10.0. The molecule has 6 aromatic rings. The molecule has 6 rings (SSSR count). The maximum Gasteiger partial charge on any atom is 0.0730 e. The Hall–Kier alpha value is -4.18. The van der Waals surface area contributed by atoms with Gasteiger partial charge in [0.2, 0.25) is 0 Å². The summed E-state index contributed by atoms with van der Waals surface area (Å²) in [5, 5.41) is 12.4. The fourth-order valence-electron chi connectivity index (χ4n) is 5.75. The molecule has 0 unspecified atom stereocenters. The molecule has 2 aromatic heterocycles. The summed E-state index contributed by atoms with van der Waals surface area (Å²) in [5.74, 6) is 0. The number of hydrogen-bond acceptors (Lipinski definition) is 4. The third-order valence-corrected chi connectivity index (χ3v) is 7.87. The first-order valence-corrected chi connectivity index (χ1v) is 14.6. The maximum atomic E-state index is 4.92. The van der Waals surface area contributed by atoms with Crippen LogP contribution in [0.15, 0.2) is 72.8 Å². The van der Waals surface area contributed by atoms with Gasteiger partial charge in [-0.25, -0.2) is 9.97 Å². The van der Waals surface area contributed by atoms with E-state index in [1.165, 1.54) is 68.0 Å². The van der Waals surface area contributed by atoms with E-state index in [2.05, 4.69) is 111 Å². The van der Waals surface area contributed by atoms with E-state index in [0.717, 1.165) is 48.0 Å². The van der Waals surface area contributed by atoms with Crippen LogP contribution in [0.5, 0.6) is 0 Å². The zero-order chi connectivity index (χ0) is 27.6. The quantitative estimate of drug-likeness (QED) is 0.145. The van der Waals surface area contributed by atoms with E-state index in [9.17, 15) is 0 Å². The first-order valence-electron chi connectivity index (χ1n) is 14.6. The van der Waals surface area contributed by atoms with Gasteiger partial charge >= 0.3 is 0 Å². The molecule has 40 heavy (non-hydrogen) atoms. The predicted molar refractivity (Wildman–Crippen MR) is 173 cm³/mol. The molecule has 2 heterocycles. The molecule has 0 aliphatic heterocycles. The molecule has 4 nitrogen and oxygen atoms in total. The van der Waals surface area contributed by atoms with Gasteiger partial charge in [-0.3, -0.25) is 0 Å². The molecule has 0 aliphatic rings. The van der Waals surface area contributed by atoms with Gasteiger partial charge in [-0.05, 0) is 89.1 Å². The van der Waals surface area contributed by atoms with Crippen LogP contribution in [0.2, 0.25) is 0 Å². The number of nitrogens with zero attached hydrogens (tertiary/aromatic N) is 2. The Morgan fingerprint density at radius 1 is 0.425 bits per heavy atom. The number of fused-ring (bicyclic) bond motifs is 4. The van der Waals surface area contributed by atoms with Crippen LogP contribution in [0.1, 0.15) is 47.9 Å². The lowest BCUT2D eigenvalue weighted by Gasteiger charge is -2.15. The second-order valence-corrected chi connectivity index (χ2v) is 11.3. The summed E-state index contributed by atoms with van der Waals surface area (Å²) in [4.78, 5) is 9.84. The fourth-order valence-corrected chi connectivity index (χ4v) is 5.75. The number of benzene rings is 4. The summed E-state index contributed by atoms with van der Waals surface area (Å²) < 4.78 is 0. The molecular formula is C36H38N4. The molecule has 0 saturated carbocycles. The van der Waals surface area contributed by atoms with Crippen molar-refractivity contribution in [2.75, 3.05) is 23.7 Å². The van der Waals surface area contributed by atoms with Gasteiger partial charge in [0.15, 0.2) is 0 Å². The van der Waals surface area contributed by atoms with E-state index in [-0.39, 0.29) is 0 Å². The van der Waals surface area contributed by atoms with E-state index in [4.69, 9.17) is 9.97 Å². The number of nitrogens with one attached hydrogen (secondary N) is 2. The molecule has 0 aliphatic carbocycles. The fraction of sp³-hybridized carbons (Fsp3) is 0.278. The molecule has 0 bridgehead atoms. The summed E-state index contributed by atoms with van der Waals surface area (Å²) in [6.45, 7) is 10.5. The van der Waals surface area contributed by atoms with Crippen LogP contribution in [-0.4, -0.2) is 23.1 Å². The van der Waals surface area contributed by atoms with Gasteiger partial charge in [0, 0.05) is 34.6 Å². The molecular weight excluding hydrogens is 488 g/mol. The van der Waals surface area contributed by atoms with Gasteiger partial charge in [0.25, 0.3) is 0 Å². The average Bonchev–Trinajstić information content (AvgIpc) is 2.94. The van der Waals surface area contributed by atoms with Gasteiger partial charge in [-0.15, -0.1) is 0 Å². The Bertz CT molecular complexity index is 1600. The predicted octanol–water partition coefficient (Wildman–Crippen LogP) is 9.41. The van der Waals surface area contributed by atoms with Crippen molar-refractivity contribution in [2.45, 2.75) is 53.4 Å². The Balaban J connectivity index is 1.09. The van der Waals surface area contributed by atoms with Crippen molar-refractivity contribution in [1.82, 2.24) is 9.97 Å². The summed E-state index contributed by atoms with van der Waals surface area (Å²) in [6.07, 6.45) is 4.68. The smallest absolute Gasteiger partial charge is 0.0730 e. The highest BCUT2D eigenvalue weighted by molar-refractivity contribution is 6.08. The van der Waals surface area contributed by atoms with Crippen molar-refractivity contribution in [3.63, 3.8) is 0 Å². The van der Waals surface area contributed by atoms with Crippen molar-refractivity contribution in [3.05, 3.63) is 95.1 Å². The van der Waals surface area contributed by atoms with E-state index in [1.54, 1.807) is 0 Å². The SMILES string of the molecule is Cc1ccc2nc3ccc(C)cc3c(NCCCCCCNc3c4cc(C)ccc4nc4ccc(C)cc34)c2c1. The van der Waals surface area contributed by atoms with Crippen LogP contribution in [0.3, 0.4) is 0 Å². The number of aromatic nitrogens is 2. The average molecular weight is 527 g/mol. The molecule has 0 fully saturated rings. The molecule has 202 valence electrons. The first kappa shape index (κ1) is 26.1. The molecule has 4 heteroatoms. The topological polar surface area (TPSA) is 49.8 Å². The highest BCUT2D eigenvalue weighted by Gasteiger charge is 2.11. The Morgan fingerprint density at radius 3 is 1.02 bits per heavy atom. The second kappa shape index (κ2) is 11.1. The molecule has 0 amide bonds. The third-order valence-electron chi connectivity index (χ3n) is 7.87. The minimum absolute atomic E-state index is 0.960. The number of anilines is 2. The lowest BCUT2D eigenvalue weighted by Crippen LogP contribution is -2.06. The molecule has 0 radical (unpaired) electrons. The number of hydrogen-bond donors (Lipinski definition) is 2. The highest BCUT2D eigenvalue weighted by Crippen LogP contribution is 2.33. The Labute approximate surface area is 236 Å². The Kier molecular flexibility index (Phi) is 7.25. The highest BCUT2D eigenvalue weighted by atomic mass is 14.9. The number of aryl methyl sites for hydroxylation is 4. The van der Waals surface area contributed by atoms with Crippen LogP contribution in [0, 0.1) is 27.7 Å². The van der Waals surface area contributed by atoms with Crippen LogP contribution in [-0.2, 0) is 0 Å². The minimum atomic E-state index is 0.960. The van der Waals surface area contributed by atoms with Gasteiger partial charge < -0.3 is 10.6 Å². The van der Waals surface area contributed by atoms with Crippen molar-refractivity contribution in [2.24, 2.45) is 0 Å². The lowest BCUT2D eigenvalue weighted by molar-refractivity contribution is 0.671. The van der Waals surface area contributed by atoms with Crippen LogP contribution < -0.4 is 10.6 Å². The van der Waals surface area contributed by atoms with E-state index >= 15 is 0 Å². The van der Waals surface area contributed by atoms with Gasteiger partial charge in [0.1, 0.15) is 0 Å². The van der Waals surface area contributed by atoms with Crippen LogP contribution in [0.4, 0.5) is 11.4 Å². The van der Waals surface area contributed by atoms with Gasteiger partial charge in [0.05, 0.1) is 33.4 Å². The van der Waals surface area contributed by atoms with Crippen LogP contribution >= 0.6 is 0 Å². The maximum absolute atomic E-state index is 4.92. The normalized spacial score (nSPS) is 11.6. The van der Waals surface area contributed by atoms with Gasteiger partial charge in [-0.1, -0.05) is 59.4 Å².